The first-order valence-corrected chi connectivity index (χ1v) is 9.35. The second kappa shape index (κ2) is 7.38. The molecule has 0 radical (unpaired) electrons. The number of piperazine rings is 1. The highest BCUT2D eigenvalue weighted by Gasteiger charge is 2.29. The Morgan fingerprint density at radius 1 is 1.04 bits per heavy atom. The second-order valence-corrected chi connectivity index (χ2v) is 7.04. The maximum Gasteiger partial charge on any atom is 0.282 e. The molecule has 0 bridgehead atoms. The van der Waals surface area contributed by atoms with Crippen LogP contribution in [0.15, 0.2) is 48.5 Å². The highest BCUT2D eigenvalue weighted by molar-refractivity contribution is 5.96. The molecule has 1 N–H and O–H groups in total. The zero-order valence-electron chi connectivity index (χ0n) is 15.3. The van der Waals surface area contributed by atoms with Crippen LogP contribution in [0.4, 0.5) is 11.4 Å². The van der Waals surface area contributed by atoms with E-state index >= 15 is 0 Å². The first-order valence-electron chi connectivity index (χ1n) is 9.35. The van der Waals surface area contributed by atoms with Crippen molar-refractivity contribution in [2.75, 3.05) is 56.2 Å². The van der Waals surface area contributed by atoms with Crippen molar-refractivity contribution in [1.82, 2.24) is 0 Å². The molecule has 26 heavy (non-hydrogen) atoms. The maximum absolute atomic E-state index is 12.8. The number of ether oxygens (including phenoxy) is 1. The minimum absolute atomic E-state index is 0.253. The number of hydrogen-bond acceptors (Lipinski definition) is 3. The van der Waals surface area contributed by atoms with Crippen LogP contribution in [0.5, 0.6) is 5.75 Å². The Hall–Kier alpha value is -2.53. The summed E-state index contributed by atoms with van der Waals surface area (Å²) in [5.74, 6) is 1.14. The standard InChI is InChI=1S/C21H25N3O2/c1-26-19-8-6-18(7-9-19)23-14-12-22(13-15-23)16-21(25)24-11-10-17-4-2-3-5-20(17)24/h2-9H,10-16H2,1H3/p+1. The molecule has 0 spiro atoms. The van der Waals surface area contributed by atoms with E-state index in [2.05, 4.69) is 35.2 Å². The third kappa shape index (κ3) is 3.40. The first-order chi connectivity index (χ1) is 12.7. The highest BCUT2D eigenvalue weighted by atomic mass is 16.5. The van der Waals surface area contributed by atoms with Crippen LogP contribution in [0, 0.1) is 0 Å². The monoisotopic (exact) mass is 352 g/mol. The van der Waals surface area contributed by atoms with E-state index in [-0.39, 0.29) is 5.91 Å². The van der Waals surface area contributed by atoms with Gasteiger partial charge >= 0.3 is 0 Å². The zero-order valence-corrected chi connectivity index (χ0v) is 15.3. The number of anilines is 2. The Balaban J connectivity index is 1.32. The predicted molar refractivity (Wildman–Crippen MR) is 103 cm³/mol. The van der Waals surface area contributed by atoms with Crippen molar-refractivity contribution < 1.29 is 14.4 Å². The van der Waals surface area contributed by atoms with Crippen LogP contribution in [0.3, 0.4) is 0 Å². The summed E-state index contributed by atoms with van der Waals surface area (Å²) >= 11 is 0. The number of amides is 1. The van der Waals surface area contributed by atoms with E-state index in [1.54, 1.807) is 7.11 Å². The molecular weight excluding hydrogens is 326 g/mol. The Morgan fingerprint density at radius 2 is 1.77 bits per heavy atom. The van der Waals surface area contributed by atoms with Gasteiger partial charge in [-0.25, -0.2) is 0 Å². The van der Waals surface area contributed by atoms with Gasteiger partial charge in [0, 0.05) is 17.9 Å². The lowest BCUT2D eigenvalue weighted by Crippen LogP contribution is -3.16. The van der Waals surface area contributed by atoms with Crippen LogP contribution in [-0.2, 0) is 11.2 Å². The van der Waals surface area contributed by atoms with Gasteiger partial charge in [-0.1, -0.05) is 18.2 Å². The maximum atomic E-state index is 12.8. The smallest absolute Gasteiger partial charge is 0.282 e. The van der Waals surface area contributed by atoms with E-state index in [4.69, 9.17) is 4.74 Å². The quantitative estimate of drug-likeness (QED) is 0.892. The Morgan fingerprint density at radius 3 is 2.50 bits per heavy atom. The lowest BCUT2D eigenvalue weighted by Gasteiger charge is -2.34. The van der Waals surface area contributed by atoms with Gasteiger partial charge in [0.1, 0.15) is 5.75 Å². The van der Waals surface area contributed by atoms with Crippen LogP contribution in [0.1, 0.15) is 5.56 Å². The number of benzene rings is 2. The van der Waals surface area contributed by atoms with E-state index in [1.165, 1.54) is 16.2 Å². The van der Waals surface area contributed by atoms with Crippen LogP contribution in [0.25, 0.3) is 0 Å². The molecule has 136 valence electrons. The number of hydrogen-bond donors (Lipinski definition) is 1. The predicted octanol–water partition coefficient (Wildman–Crippen LogP) is 0.989. The minimum atomic E-state index is 0.253. The fourth-order valence-corrected chi connectivity index (χ4v) is 3.96. The van der Waals surface area contributed by atoms with Gasteiger partial charge in [-0.15, -0.1) is 0 Å². The molecule has 1 amide bonds. The second-order valence-electron chi connectivity index (χ2n) is 7.04. The number of quaternary nitrogens is 1. The van der Waals surface area contributed by atoms with Gasteiger partial charge in [0.15, 0.2) is 6.54 Å². The molecule has 2 heterocycles. The Labute approximate surface area is 154 Å². The van der Waals surface area contributed by atoms with Crippen LogP contribution >= 0.6 is 0 Å². The number of carbonyl (C=O) groups excluding carboxylic acids is 1. The van der Waals surface area contributed by atoms with Gasteiger partial charge in [-0.3, -0.25) is 4.79 Å². The summed E-state index contributed by atoms with van der Waals surface area (Å²) in [6.07, 6.45) is 0.975. The summed E-state index contributed by atoms with van der Waals surface area (Å²) in [7, 11) is 1.69. The third-order valence-corrected chi connectivity index (χ3v) is 5.50. The van der Waals surface area contributed by atoms with E-state index < -0.39 is 0 Å². The van der Waals surface area contributed by atoms with Crippen molar-refractivity contribution in [3.63, 3.8) is 0 Å². The van der Waals surface area contributed by atoms with E-state index in [0.717, 1.165) is 50.6 Å². The molecular formula is C21H26N3O2+. The van der Waals surface area contributed by atoms with E-state index in [9.17, 15) is 4.79 Å². The van der Waals surface area contributed by atoms with Crippen molar-refractivity contribution in [3.8, 4) is 5.75 Å². The number of nitrogens with one attached hydrogen (secondary N) is 1. The third-order valence-electron chi connectivity index (χ3n) is 5.50. The average molecular weight is 352 g/mol. The molecule has 1 fully saturated rings. The molecule has 5 nitrogen and oxygen atoms in total. The fourth-order valence-electron chi connectivity index (χ4n) is 3.96. The first kappa shape index (κ1) is 16.9. The summed E-state index contributed by atoms with van der Waals surface area (Å²) in [4.78, 5) is 18.5. The molecule has 2 aromatic rings. The van der Waals surface area contributed by atoms with E-state index in [1.807, 2.05) is 23.1 Å². The molecule has 2 aliphatic heterocycles. The van der Waals surface area contributed by atoms with E-state index in [0.29, 0.717) is 6.54 Å². The normalized spacial score (nSPS) is 17.3. The summed E-state index contributed by atoms with van der Waals surface area (Å²) in [5, 5.41) is 0. The SMILES string of the molecule is COc1ccc(N2CC[NH+](CC(=O)N3CCc4ccccc43)CC2)cc1. The molecule has 2 aliphatic rings. The fraction of sp³-hybridized carbons (Fsp3) is 0.381. The summed E-state index contributed by atoms with van der Waals surface area (Å²) < 4.78 is 5.23. The molecule has 4 rings (SSSR count). The number of carbonyl (C=O) groups is 1. The number of nitrogens with zero attached hydrogens (tertiary/aromatic N) is 2. The average Bonchev–Trinajstić information content (AvgIpc) is 3.13. The molecule has 0 aliphatic carbocycles. The lowest BCUT2D eigenvalue weighted by molar-refractivity contribution is -0.892. The van der Waals surface area contributed by atoms with Crippen molar-refractivity contribution in [2.45, 2.75) is 6.42 Å². The lowest BCUT2D eigenvalue weighted by atomic mass is 10.2. The number of para-hydroxylation sites is 1. The highest BCUT2D eigenvalue weighted by Crippen LogP contribution is 2.27. The van der Waals surface area contributed by atoms with Gasteiger partial charge in [0.2, 0.25) is 0 Å². The van der Waals surface area contributed by atoms with Gasteiger partial charge in [0.25, 0.3) is 5.91 Å². The van der Waals surface area contributed by atoms with Crippen LogP contribution in [-0.4, -0.2) is 52.3 Å². The van der Waals surface area contributed by atoms with Crippen molar-refractivity contribution in [1.29, 1.82) is 0 Å². The summed E-state index contributed by atoms with van der Waals surface area (Å²) in [6, 6.07) is 16.5. The zero-order chi connectivity index (χ0) is 17.9. The topological polar surface area (TPSA) is 37.2 Å². The van der Waals surface area contributed by atoms with Gasteiger partial charge in [-0.05, 0) is 42.3 Å². The van der Waals surface area contributed by atoms with Crippen molar-refractivity contribution in [2.24, 2.45) is 0 Å². The minimum Gasteiger partial charge on any atom is -0.497 e. The van der Waals surface area contributed by atoms with Gasteiger partial charge < -0.3 is 19.4 Å². The Kier molecular flexibility index (Phi) is 4.80. The summed E-state index contributed by atoms with van der Waals surface area (Å²) in [6.45, 7) is 5.35. The number of rotatable bonds is 4. The molecule has 0 unspecified atom stereocenters. The summed E-state index contributed by atoms with van der Waals surface area (Å²) in [5.41, 5.74) is 3.62. The van der Waals surface area contributed by atoms with Gasteiger partial charge in [0.05, 0.1) is 33.3 Å². The van der Waals surface area contributed by atoms with Crippen LogP contribution < -0.4 is 19.4 Å². The molecule has 2 aromatic carbocycles. The number of methoxy groups -OCH3 is 1. The van der Waals surface area contributed by atoms with Crippen LogP contribution in [0.2, 0.25) is 0 Å². The molecule has 0 saturated carbocycles. The molecule has 0 aromatic heterocycles. The molecule has 5 heteroatoms. The van der Waals surface area contributed by atoms with Crippen molar-refractivity contribution in [3.05, 3.63) is 54.1 Å². The Bertz CT molecular complexity index is 767. The largest absolute Gasteiger partial charge is 0.497 e. The number of fused-ring (bicyclic) bond motifs is 1. The van der Waals surface area contributed by atoms with Crippen molar-refractivity contribution >= 4 is 17.3 Å². The van der Waals surface area contributed by atoms with Gasteiger partial charge in [-0.2, -0.15) is 0 Å². The molecule has 0 atom stereocenters. The molecule has 1 saturated heterocycles.